The van der Waals surface area contributed by atoms with Crippen molar-refractivity contribution in [3.05, 3.63) is 41.7 Å². The first kappa shape index (κ1) is 12.8. The molecule has 0 unspecified atom stereocenters. The van der Waals surface area contributed by atoms with Gasteiger partial charge in [-0.25, -0.2) is 4.39 Å². The van der Waals surface area contributed by atoms with Crippen LogP contribution >= 0.6 is 0 Å². The van der Waals surface area contributed by atoms with Crippen molar-refractivity contribution in [2.75, 3.05) is 18.9 Å². The molecule has 0 aliphatic carbocycles. The molecule has 1 heterocycles. The summed E-state index contributed by atoms with van der Waals surface area (Å²) in [7, 11) is 0. The molecule has 2 aromatic carbocycles. The van der Waals surface area contributed by atoms with E-state index in [1.165, 1.54) is 6.07 Å². The predicted octanol–water partition coefficient (Wildman–Crippen LogP) is 3.54. The number of aryl methyl sites for hydroxylation is 1. The lowest BCUT2D eigenvalue weighted by Crippen LogP contribution is -1.97. The molecule has 1 aliphatic heterocycles. The van der Waals surface area contributed by atoms with Crippen LogP contribution in [0.5, 0.6) is 11.5 Å². The minimum Gasteiger partial charge on any atom is -0.490 e. The maximum Gasteiger partial charge on any atom is 0.161 e. The number of rotatable bonds is 1. The average Bonchev–Trinajstić information content (AvgIpc) is 2.67. The van der Waals surface area contributed by atoms with Gasteiger partial charge in [0.1, 0.15) is 5.82 Å². The molecular formula is C16H16FNO2. The molecule has 0 bridgehead atoms. The summed E-state index contributed by atoms with van der Waals surface area (Å²) in [6.45, 7) is 3.03. The molecule has 0 atom stereocenters. The van der Waals surface area contributed by atoms with Crippen LogP contribution in [-0.2, 0) is 0 Å². The Morgan fingerprint density at radius 3 is 2.60 bits per heavy atom. The Labute approximate surface area is 117 Å². The average molecular weight is 273 g/mol. The van der Waals surface area contributed by atoms with Crippen LogP contribution in [0.4, 0.5) is 10.1 Å². The van der Waals surface area contributed by atoms with Crippen LogP contribution in [0.1, 0.15) is 12.0 Å². The van der Waals surface area contributed by atoms with Gasteiger partial charge in [-0.1, -0.05) is 6.07 Å². The van der Waals surface area contributed by atoms with E-state index >= 15 is 0 Å². The smallest absolute Gasteiger partial charge is 0.161 e. The maximum atomic E-state index is 14.1. The van der Waals surface area contributed by atoms with E-state index in [-0.39, 0.29) is 5.82 Å². The SMILES string of the molecule is Cc1cc(F)c(-c2ccc3c(c2)OCCCO3)cc1N. The lowest BCUT2D eigenvalue weighted by Gasteiger charge is -2.11. The van der Waals surface area contributed by atoms with Gasteiger partial charge in [0.25, 0.3) is 0 Å². The second-order valence-electron chi connectivity index (χ2n) is 4.90. The Hall–Kier alpha value is -2.23. The first-order valence-electron chi connectivity index (χ1n) is 6.61. The van der Waals surface area contributed by atoms with E-state index in [1.54, 1.807) is 19.1 Å². The van der Waals surface area contributed by atoms with Gasteiger partial charge in [-0.2, -0.15) is 0 Å². The van der Waals surface area contributed by atoms with Gasteiger partial charge in [-0.3, -0.25) is 0 Å². The molecule has 2 aromatic rings. The lowest BCUT2D eigenvalue weighted by atomic mass is 10.0. The fourth-order valence-electron chi connectivity index (χ4n) is 2.24. The molecule has 3 rings (SSSR count). The number of nitrogen functional groups attached to an aromatic ring is 1. The minimum atomic E-state index is -0.286. The Kier molecular flexibility index (Phi) is 3.22. The first-order chi connectivity index (χ1) is 9.65. The third-order valence-corrected chi connectivity index (χ3v) is 3.41. The highest BCUT2D eigenvalue weighted by Gasteiger charge is 2.14. The van der Waals surface area contributed by atoms with Crippen molar-refractivity contribution in [2.45, 2.75) is 13.3 Å². The number of hydrogen-bond donors (Lipinski definition) is 1. The second-order valence-corrected chi connectivity index (χ2v) is 4.90. The quantitative estimate of drug-likeness (QED) is 0.808. The molecule has 0 spiro atoms. The summed E-state index contributed by atoms with van der Waals surface area (Å²) in [5.41, 5.74) is 8.39. The fourth-order valence-corrected chi connectivity index (χ4v) is 2.24. The van der Waals surface area contributed by atoms with Gasteiger partial charge < -0.3 is 15.2 Å². The largest absolute Gasteiger partial charge is 0.490 e. The first-order valence-corrected chi connectivity index (χ1v) is 6.61. The molecule has 0 amide bonds. The van der Waals surface area contributed by atoms with Gasteiger partial charge in [0.2, 0.25) is 0 Å². The summed E-state index contributed by atoms with van der Waals surface area (Å²) in [5.74, 6) is 1.07. The van der Waals surface area contributed by atoms with E-state index in [2.05, 4.69) is 0 Å². The summed E-state index contributed by atoms with van der Waals surface area (Å²) >= 11 is 0. The van der Waals surface area contributed by atoms with Crippen molar-refractivity contribution in [2.24, 2.45) is 0 Å². The zero-order chi connectivity index (χ0) is 14.1. The van der Waals surface area contributed by atoms with Crippen LogP contribution in [0, 0.1) is 12.7 Å². The molecule has 0 saturated carbocycles. The Bertz CT molecular complexity index is 655. The molecule has 3 nitrogen and oxygen atoms in total. The van der Waals surface area contributed by atoms with Crippen LogP contribution in [-0.4, -0.2) is 13.2 Å². The van der Waals surface area contributed by atoms with Gasteiger partial charge in [0, 0.05) is 17.7 Å². The number of halogens is 1. The number of anilines is 1. The number of benzene rings is 2. The molecule has 2 N–H and O–H groups in total. The standard InChI is InChI=1S/C16H16FNO2/c1-10-7-13(17)12(9-14(10)18)11-3-4-15-16(8-11)20-6-2-5-19-15/h3-4,7-9H,2,5-6,18H2,1H3. The molecule has 0 radical (unpaired) electrons. The zero-order valence-electron chi connectivity index (χ0n) is 11.3. The van der Waals surface area contributed by atoms with Crippen molar-refractivity contribution in [3.8, 4) is 22.6 Å². The maximum absolute atomic E-state index is 14.1. The summed E-state index contributed by atoms with van der Waals surface area (Å²) in [6.07, 6.45) is 0.843. The summed E-state index contributed by atoms with van der Waals surface area (Å²) in [5, 5.41) is 0. The number of fused-ring (bicyclic) bond motifs is 1. The van der Waals surface area contributed by atoms with Crippen molar-refractivity contribution < 1.29 is 13.9 Å². The van der Waals surface area contributed by atoms with E-state index < -0.39 is 0 Å². The number of hydrogen-bond acceptors (Lipinski definition) is 3. The highest BCUT2D eigenvalue weighted by Crippen LogP contribution is 2.36. The molecule has 104 valence electrons. The van der Waals surface area contributed by atoms with E-state index in [4.69, 9.17) is 15.2 Å². The van der Waals surface area contributed by atoms with Crippen molar-refractivity contribution in [1.82, 2.24) is 0 Å². The van der Waals surface area contributed by atoms with Crippen molar-refractivity contribution in [1.29, 1.82) is 0 Å². The number of ether oxygens (including phenoxy) is 2. The van der Waals surface area contributed by atoms with Crippen LogP contribution in [0.25, 0.3) is 11.1 Å². The van der Waals surface area contributed by atoms with E-state index in [1.807, 2.05) is 12.1 Å². The predicted molar refractivity (Wildman–Crippen MR) is 76.6 cm³/mol. The van der Waals surface area contributed by atoms with E-state index in [9.17, 15) is 4.39 Å². The third kappa shape index (κ3) is 2.29. The summed E-state index contributed by atoms with van der Waals surface area (Å²) in [4.78, 5) is 0. The lowest BCUT2D eigenvalue weighted by molar-refractivity contribution is 0.297. The molecule has 1 aliphatic rings. The van der Waals surface area contributed by atoms with Gasteiger partial charge in [-0.05, 0) is 42.3 Å². The molecule has 0 saturated heterocycles. The second kappa shape index (κ2) is 5.04. The highest BCUT2D eigenvalue weighted by atomic mass is 19.1. The van der Waals surface area contributed by atoms with Gasteiger partial charge >= 0.3 is 0 Å². The molecule has 20 heavy (non-hydrogen) atoms. The van der Waals surface area contributed by atoms with Crippen LogP contribution in [0.3, 0.4) is 0 Å². The van der Waals surface area contributed by atoms with E-state index in [0.29, 0.717) is 36.0 Å². The van der Waals surface area contributed by atoms with Crippen molar-refractivity contribution >= 4 is 5.69 Å². The molecule has 0 fully saturated rings. The van der Waals surface area contributed by atoms with Gasteiger partial charge in [-0.15, -0.1) is 0 Å². The molecule has 0 aromatic heterocycles. The Morgan fingerprint density at radius 1 is 1.05 bits per heavy atom. The summed E-state index contributed by atoms with van der Waals surface area (Å²) < 4.78 is 25.3. The van der Waals surface area contributed by atoms with Crippen LogP contribution in [0.2, 0.25) is 0 Å². The van der Waals surface area contributed by atoms with Gasteiger partial charge in [0.05, 0.1) is 13.2 Å². The Morgan fingerprint density at radius 2 is 1.80 bits per heavy atom. The Balaban J connectivity index is 2.07. The highest BCUT2D eigenvalue weighted by molar-refractivity contribution is 5.72. The minimum absolute atomic E-state index is 0.286. The monoisotopic (exact) mass is 273 g/mol. The number of nitrogens with two attached hydrogens (primary N) is 1. The normalized spacial score (nSPS) is 13.9. The fraction of sp³-hybridized carbons (Fsp3) is 0.250. The molecular weight excluding hydrogens is 257 g/mol. The van der Waals surface area contributed by atoms with Crippen LogP contribution < -0.4 is 15.2 Å². The van der Waals surface area contributed by atoms with Crippen molar-refractivity contribution in [3.63, 3.8) is 0 Å². The zero-order valence-corrected chi connectivity index (χ0v) is 11.3. The summed E-state index contributed by atoms with van der Waals surface area (Å²) in [6, 6.07) is 8.54. The third-order valence-electron chi connectivity index (χ3n) is 3.41. The molecule has 4 heteroatoms. The van der Waals surface area contributed by atoms with E-state index in [0.717, 1.165) is 17.5 Å². The van der Waals surface area contributed by atoms with Gasteiger partial charge in [0.15, 0.2) is 11.5 Å². The van der Waals surface area contributed by atoms with Crippen LogP contribution in [0.15, 0.2) is 30.3 Å². The topological polar surface area (TPSA) is 44.5 Å².